The van der Waals surface area contributed by atoms with Crippen LogP contribution in [0.5, 0.6) is 0 Å². The highest BCUT2D eigenvalue weighted by atomic mass is 16.4. The number of rotatable bonds is 4. The lowest BCUT2D eigenvalue weighted by Crippen LogP contribution is -2.49. The Kier molecular flexibility index (Phi) is 4.86. The van der Waals surface area contributed by atoms with E-state index in [1.54, 1.807) is 0 Å². The first-order valence-electron chi connectivity index (χ1n) is 8.40. The Morgan fingerprint density at radius 1 is 1.00 bits per heavy atom. The molecular weight excluding hydrogens is 300 g/mol. The summed E-state index contributed by atoms with van der Waals surface area (Å²) in [5.74, 6) is -0.773. The SMILES string of the molecule is Cc1cccc([C@H](C(=O)O)N2CCN(c3ccccc3C)CC2)c1. The number of para-hydroxylation sites is 1. The molecule has 0 aromatic heterocycles. The maximum absolute atomic E-state index is 11.9. The molecule has 1 heterocycles. The maximum Gasteiger partial charge on any atom is 0.325 e. The Balaban J connectivity index is 1.74. The summed E-state index contributed by atoms with van der Waals surface area (Å²) in [7, 11) is 0. The van der Waals surface area contributed by atoms with Crippen LogP contribution in [-0.2, 0) is 4.79 Å². The number of hydrogen-bond acceptors (Lipinski definition) is 3. The van der Waals surface area contributed by atoms with Gasteiger partial charge in [-0.2, -0.15) is 0 Å². The molecule has 0 bridgehead atoms. The van der Waals surface area contributed by atoms with Gasteiger partial charge in [0, 0.05) is 31.9 Å². The van der Waals surface area contributed by atoms with Gasteiger partial charge in [-0.05, 0) is 31.0 Å². The van der Waals surface area contributed by atoms with Gasteiger partial charge in [-0.1, -0.05) is 48.0 Å². The minimum atomic E-state index is -0.773. The summed E-state index contributed by atoms with van der Waals surface area (Å²) < 4.78 is 0. The minimum Gasteiger partial charge on any atom is -0.480 e. The van der Waals surface area contributed by atoms with Crippen LogP contribution in [0.25, 0.3) is 0 Å². The monoisotopic (exact) mass is 324 g/mol. The van der Waals surface area contributed by atoms with Crippen molar-refractivity contribution in [3.05, 3.63) is 65.2 Å². The Labute approximate surface area is 143 Å². The number of piperazine rings is 1. The molecule has 4 heteroatoms. The highest BCUT2D eigenvalue weighted by molar-refractivity contribution is 5.75. The number of aryl methyl sites for hydroxylation is 2. The zero-order chi connectivity index (χ0) is 17.1. The smallest absolute Gasteiger partial charge is 0.325 e. The van der Waals surface area contributed by atoms with Crippen LogP contribution in [-0.4, -0.2) is 42.2 Å². The molecule has 1 fully saturated rings. The van der Waals surface area contributed by atoms with E-state index in [1.807, 2.05) is 37.3 Å². The van der Waals surface area contributed by atoms with Crippen molar-refractivity contribution >= 4 is 11.7 Å². The largest absolute Gasteiger partial charge is 0.480 e. The van der Waals surface area contributed by atoms with Crippen molar-refractivity contribution < 1.29 is 9.90 Å². The number of nitrogens with zero attached hydrogens (tertiary/aromatic N) is 2. The number of hydrogen-bond donors (Lipinski definition) is 1. The third-order valence-electron chi connectivity index (χ3n) is 4.73. The van der Waals surface area contributed by atoms with E-state index in [0.717, 1.165) is 37.3 Å². The molecular formula is C20H24N2O2. The lowest BCUT2D eigenvalue weighted by atomic mass is 10.0. The number of benzene rings is 2. The minimum absolute atomic E-state index is 0.566. The molecule has 1 saturated heterocycles. The topological polar surface area (TPSA) is 43.8 Å². The number of carboxylic acid groups (broad SMARTS) is 1. The van der Waals surface area contributed by atoms with E-state index in [2.05, 4.69) is 34.9 Å². The van der Waals surface area contributed by atoms with Gasteiger partial charge < -0.3 is 10.0 Å². The molecule has 1 aliphatic heterocycles. The Bertz CT molecular complexity index is 721. The van der Waals surface area contributed by atoms with Gasteiger partial charge in [0.2, 0.25) is 0 Å². The lowest BCUT2D eigenvalue weighted by molar-refractivity contribution is -0.143. The average molecular weight is 324 g/mol. The third-order valence-corrected chi connectivity index (χ3v) is 4.73. The highest BCUT2D eigenvalue weighted by Gasteiger charge is 2.30. The van der Waals surface area contributed by atoms with Gasteiger partial charge in [0.1, 0.15) is 6.04 Å². The van der Waals surface area contributed by atoms with Crippen molar-refractivity contribution in [2.45, 2.75) is 19.9 Å². The average Bonchev–Trinajstić information content (AvgIpc) is 2.56. The molecule has 126 valence electrons. The van der Waals surface area contributed by atoms with Crippen molar-refractivity contribution in [2.24, 2.45) is 0 Å². The van der Waals surface area contributed by atoms with Crippen LogP contribution >= 0.6 is 0 Å². The fourth-order valence-electron chi connectivity index (χ4n) is 3.49. The van der Waals surface area contributed by atoms with Crippen LogP contribution in [0, 0.1) is 13.8 Å². The molecule has 2 aromatic rings. The summed E-state index contributed by atoms with van der Waals surface area (Å²) >= 11 is 0. The second kappa shape index (κ2) is 7.05. The van der Waals surface area contributed by atoms with Crippen molar-refractivity contribution in [2.75, 3.05) is 31.1 Å². The third kappa shape index (κ3) is 3.44. The zero-order valence-corrected chi connectivity index (χ0v) is 14.3. The van der Waals surface area contributed by atoms with Gasteiger partial charge in [-0.15, -0.1) is 0 Å². The Morgan fingerprint density at radius 2 is 1.71 bits per heavy atom. The predicted molar refractivity (Wildman–Crippen MR) is 96.5 cm³/mol. The summed E-state index contributed by atoms with van der Waals surface area (Å²) in [6.45, 7) is 7.31. The molecule has 2 aromatic carbocycles. The quantitative estimate of drug-likeness (QED) is 0.937. The maximum atomic E-state index is 11.9. The summed E-state index contributed by atoms with van der Waals surface area (Å²) in [6, 6.07) is 15.6. The van der Waals surface area contributed by atoms with Gasteiger partial charge in [-0.3, -0.25) is 9.69 Å². The first-order valence-corrected chi connectivity index (χ1v) is 8.40. The van der Waals surface area contributed by atoms with E-state index < -0.39 is 12.0 Å². The Morgan fingerprint density at radius 3 is 2.33 bits per heavy atom. The number of anilines is 1. The Hall–Kier alpha value is -2.33. The van der Waals surface area contributed by atoms with E-state index in [9.17, 15) is 9.90 Å². The van der Waals surface area contributed by atoms with E-state index in [4.69, 9.17) is 0 Å². The molecule has 0 aliphatic carbocycles. The molecule has 0 radical (unpaired) electrons. The number of carboxylic acids is 1. The highest BCUT2D eigenvalue weighted by Crippen LogP contribution is 2.26. The van der Waals surface area contributed by atoms with E-state index in [-0.39, 0.29) is 0 Å². The molecule has 1 aliphatic rings. The molecule has 0 amide bonds. The summed E-state index contributed by atoms with van der Waals surface area (Å²) in [5, 5.41) is 9.74. The van der Waals surface area contributed by atoms with Crippen LogP contribution in [0.1, 0.15) is 22.7 Å². The molecule has 1 atom stereocenters. The van der Waals surface area contributed by atoms with Crippen molar-refractivity contribution in [3.8, 4) is 0 Å². The first kappa shape index (κ1) is 16.5. The van der Waals surface area contributed by atoms with Gasteiger partial charge in [-0.25, -0.2) is 0 Å². The van der Waals surface area contributed by atoms with Gasteiger partial charge in [0.25, 0.3) is 0 Å². The first-order chi connectivity index (χ1) is 11.6. The molecule has 0 spiro atoms. The van der Waals surface area contributed by atoms with Gasteiger partial charge in [0.05, 0.1) is 0 Å². The fourth-order valence-corrected chi connectivity index (χ4v) is 3.49. The van der Waals surface area contributed by atoms with E-state index in [1.165, 1.54) is 11.3 Å². The van der Waals surface area contributed by atoms with Crippen LogP contribution < -0.4 is 4.90 Å². The van der Waals surface area contributed by atoms with Crippen molar-refractivity contribution in [3.63, 3.8) is 0 Å². The standard InChI is InChI=1S/C20H24N2O2/c1-15-6-5-8-17(14-15)19(20(23)24)22-12-10-21(11-13-22)18-9-4-3-7-16(18)2/h3-9,14,19H,10-13H2,1-2H3,(H,23,24)/t19-/m1/s1. The normalized spacial score (nSPS) is 16.8. The second-order valence-corrected chi connectivity index (χ2v) is 6.46. The van der Waals surface area contributed by atoms with Crippen LogP contribution in [0.4, 0.5) is 5.69 Å². The van der Waals surface area contributed by atoms with Gasteiger partial charge in [0.15, 0.2) is 0 Å². The molecule has 4 nitrogen and oxygen atoms in total. The zero-order valence-electron chi connectivity index (χ0n) is 14.3. The summed E-state index contributed by atoms with van der Waals surface area (Å²) in [6.07, 6.45) is 0. The van der Waals surface area contributed by atoms with Crippen molar-refractivity contribution in [1.29, 1.82) is 0 Å². The number of aliphatic carboxylic acids is 1. The predicted octanol–water partition coefficient (Wildman–Crippen LogP) is 3.25. The molecule has 1 N–H and O–H groups in total. The lowest BCUT2D eigenvalue weighted by Gasteiger charge is -2.39. The van der Waals surface area contributed by atoms with E-state index in [0.29, 0.717) is 0 Å². The number of carbonyl (C=O) groups is 1. The molecule has 24 heavy (non-hydrogen) atoms. The summed E-state index contributed by atoms with van der Waals surface area (Å²) in [5.41, 5.74) is 4.48. The van der Waals surface area contributed by atoms with Crippen molar-refractivity contribution in [1.82, 2.24) is 4.90 Å². The fraction of sp³-hybridized carbons (Fsp3) is 0.350. The molecule has 0 unspecified atom stereocenters. The second-order valence-electron chi connectivity index (χ2n) is 6.46. The summed E-state index contributed by atoms with van der Waals surface area (Å²) in [4.78, 5) is 16.3. The van der Waals surface area contributed by atoms with E-state index >= 15 is 0 Å². The molecule has 0 saturated carbocycles. The van der Waals surface area contributed by atoms with Gasteiger partial charge >= 0.3 is 5.97 Å². The van der Waals surface area contributed by atoms with Crippen LogP contribution in [0.3, 0.4) is 0 Å². The molecule has 3 rings (SSSR count). The van der Waals surface area contributed by atoms with Crippen LogP contribution in [0.2, 0.25) is 0 Å². The van der Waals surface area contributed by atoms with Crippen LogP contribution in [0.15, 0.2) is 48.5 Å².